The Morgan fingerprint density at radius 3 is 1.78 bits per heavy atom. The lowest BCUT2D eigenvalue weighted by Crippen LogP contribution is -2.14. The Balaban J connectivity index is 1.28. The van der Waals surface area contributed by atoms with Crippen molar-refractivity contribution < 1.29 is 0 Å². The molecule has 0 saturated heterocycles. The van der Waals surface area contributed by atoms with E-state index in [0.717, 1.165) is 23.7 Å². The van der Waals surface area contributed by atoms with Crippen molar-refractivity contribution in [3.63, 3.8) is 0 Å². The highest BCUT2D eigenvalue weighted by Crippen LogP contribution is 2.38. The normalized spacial score (nSPS) is 31.9. The Morgan fingerprint density at radius 1 is 0.696 bits per heavy atom. The van der Waals surface area contributed by atoms with Crippen molar-refractivity contribution in [3.05, 3.63) is 35.9 Å². The molecule has 0 radical (unpaired) electrons. The Morgan fingerprint density at radius 2 is 1.22 bits per heavy atom. The fourth-order valence-corrected chi connectivity index (χ4v) is 4.99. The zero-order valence-electron chi connectivity index (χ0n) is 15.2. The van der Waals surface area contributed by atoms with Gasteiger partial charge in [-0.15, -0.1) is 0 Å². The summed E-state index contributed by atoms with van der Waals surface area (Å²) >= 11 is 0. The second-order valence-corrected chi connectivity index (χ2v) is 8.54. The van der Waals surface area contributed by atoms with Crippen LogP contribution in [0.5, 0.6) is 0 Å². The molecule has 0 nitrogen and oxygen atoms in total. The summed E-state index contributed by atoms with van der Waals surface area (Å²) in [5.74, 6) is 3.95. The first kappa shape index (κ1) is 17.1. The zero-order valence-corrected chi connectivity index (χ0v) is 15.2. The molecule has 3 rings (SSSR count). The molecule has 0 atom stereocenters. The van der Waals surface area contributed by atoms with Crippen molar-refractivity contribution in [1.29, 1.82) is 0 Å². The minimum atomic E-state index is 0.844. The van der Waals surface area contributed by atoms with E-state index < -0.39 is 0 Å². The van der Waals surface area contributed by atoms with Crippen LogP contribution in [0.2, 0.25) is 0 Å². The van der Waals surface area contributed by atoms with E-state index in [2.05, 4.69) is 37.3 Å². The molecule has 23 heavy (non-hydrogen) atoms. The van der Waals surface area contributed by atoms with E-state index >= 15 is 0 Å². The summed E-state index contributed by atoms with van der Waals surface area (Å²) in [5, 5.41) is 0. The van der Waals surface area contributed by atoms with Crippen molar-refractivity contribution >= 4 is 0 Å². The van der Waals surface area contributed by atoms with Crippen LogP contribution in [0.25, 0.3) is 0 Å². The van der Waals surface area contributed by atoms with Crippen LogP contribution in [0.1, 0.15) is 95.5 Å². The first-order valence-corrected chi connectivity index (χ1v) is 10.4. The fourth-order valence-electron chi connectivity index (χ4n) is 4.99. The Hall–Kier alpha value is -0.780. The van der Waals surface area contributed by atoms with Crippen molar-refractivity contribution in [1.82, 2.24) is 0 Å². The first-order chi connectivity index (χ1) is 11.3. The second-order valence-electron chi connectivity index (χ2n) is 8.54. The van der Waals surface area contributed by atoms with Crippen LogP contribution in [0.15, 0.2) is 30.3 Å². The smallest absolute Gasteiger partial charge is 0.0162 e. The maximum absolute atomic E-state index is 2.43. The molecular formula is C23H36. The van der Waals surface area contributed by atoms with Gasteiger partial charge in [0.1, 0.15) is 0 Å². The topological polar surface area (TPSA) is 0 Å². The van der Waals surface area contributed by atoms with Crippen LogP contribution in [-0.2, 0) is 0 Å². The van der Waals surface area contributed by atoms with E-state index in [-0.39, 0.29) is 0 Å². The average Bonchev–Trinajstić information content (AvgIpc) is 2.62. The van der Waals surface area contributed by atoms with Gasteiger partial charge >= 0.3 is 0 Å². The third-order valence-corrected chi connectivity index (χ3v) is 6.73. The minimum absolute atomic E-state index is 0.844. The summed E-state index contributed by atoms with van der Waals surface area (Å²) in [6, 6.07) is 11.2. The Bertz CT molecular complexity index is 419. The third kappa shape index (κ3) is 5.37. The van der Waals surface area contributed by atoms with Crippen molar-refractivity contribution in [3.8, 4) is 0 Å². The average molecular weight is 313 g/mol. The molecule has 128 valence electrons. The standard InChI is InChI=1S/C23H36/c1-19-11-13-20(14-12-19)7-5-6-8-21-15-17-23(18-16-21)22-9-3-2-4-10-22/h2-4,9-10,19-21,23H,5-8,11-18H2,1H3. The summed E-state index contributed by atoms with van der Waals surface area (Å²) in [7, 11) is 0. The molecule has 2 aliphatic carbocycles. The molecule has 2 aliphatic rings. The minimum Gasteiger partial charge on any atom is -0.0625 e. The van der Waals surface area contributed by atoms with Gasteiger partial charge in [-0.2, -0.15) is 0 Å². The SMILES string of the molecule is CC1CCC(CCCCC2CCC(c3ccccc3)CC2)CC1. The molecule has 0 aliphatic heterocycles. The molecule has 0 N–H and O–H groups in total. The number of hydrogen-bond donors (Lipinski definition) is 0. The van der Waals surface area contributed by atoms with Gasteiger partial charge in [0.05, 0.1) is 0 Å². The van der Waals surface area contributed by atoms with Crippen LogP contribution in [-0.4, -0.2) is 0 Å². The Labute approximate surface area is 144 Å². The van der Waals surface area contributed by atoms with Gasteiger partial charge in [0.15, 0.2) is 0 Å². The molecule has 0 spiro atoms. The quantitative estimate of drug-likeness (QED) is 0.482. The summed E-state index contributed by atoms with van der Waals surface area (Å²) in [6.07, 6.45) is 17.8. The van der Waals surface area contributed by atoms with E-state index in [1.165, 1.54) is 77.0 Å². The highest BCUT2D eigenvalue weighted by molar-refractivity contribution is 5.19. The first-order valence-electron chi connectivity index (χ1n) is 10.4. The van der Waals surface area contributed by atoms with E-state index in [4.69, 9.17) is 0 Å². The summed E-state index contributed by atoms with van der Waals surface area (Å²) in [6.45, 7) is 2.43. The van der Waals surface area contributed by atoms with E-state index in [0.29, 0.717) is 0 Å². The van der Waals surface area contributed by atoms with Crippen LogP contribution < -0.4 is 0 Å². The lowest BCUT2D eigenvalue weighted by Gasteiger charge is -2.29. The molecule has 0 aromatic heterocycles. The lowest BCUT2D eigenvalue weighted by molar-refractivity contribution is 0.262. The maximum atomic E-state index is 2.43. The molecule has 2 saturated carbocycles. The summed E-state index contributed by atoms with van der Waals surface area (Å²) in [4.78, 5) is 0. The largest absolute Gasteiger partial charge is 0.0625 e. The number of rotatable bonds is 6. The van der Waals surface area contributed by atoms with Gasteiger partial charge in [-0.1, -0.05) is 88.6 Å². The zero-order chi connectivity index (χ0) is 15.9. The van der Waals surface area contributed by atoms with Gasteiger partial charge in [0.25, 0.3) is 0 Å². The van der Waals surface area contributed by atoms with Gasteiger partial charge in [0, 0.05) is 0 Å². The molecule has 0 heterocycles. The highest BCUT2D eigenvalue weighted by Gasteiger charge is 2.22. The van der Waals surface area contributed by atoms with E-state index in [1.807, 2.05) is 0 Å². The number of hydrogen-bond acceptors (Lipinski definition) is 0. The number of benzene rings is 1. The van der Waals surface area contributed by atoms with E-state index in [9.17, 15) is 0 Å². The molecule has 0 bridgehead atoms. The number of unbranched alkanes of at least 4 members (excludes halogenated alkanes) is 1. The molecule has 1 aromatic rings. The van der Waals surface area contributed by atoms with Crippen LogP contribution >= 0.6 is 0 Å². The van der Waals surface area contributed by atoms with Crippen molar-refractivity contribution in [2.75, 3.05) is 0 Å². The maximum Gasteiger partial charge on any atom is -0.0162 e. The van der Waals surface area contributed by atoms with Gasteiger partial charge in [-0.05, 0) is 54.9 Å². The third-order valence-electron chi connectivity index (χ3n) is 6.73. The molecule has 0 amide bonds. The van der Waals surface area contributed by atoms with Gasteiger partial charge < -0.3 is 0 Å². The lowest BCUT2D eigenvalue weighted by atomic mass is 9.76. The van der Waals surface area contributed by atoms with Gasteiger partial charge in [-0.3, -0.25) is 0 Å². The Kier molecular flexibility index (Phi) is 6.60. The highest BCUT2D eigenvalue weighted by atomic mass is 14.3. The van der Waals surface area contributed by atoms with Crippen LogP contribution in [0.3, 0.4) is 0 Å². The van der Waals surface area contributed by atoms with Crippen molar-refractivity contribution in [2.24, 2.45) is 17.8 Å². The second kappa shape index (κ2) is 8.90. The molecule has 0 unspecified atom stereocenters. The molecule has 0 heteroatoms. The summed E-state index contributed by atoms with van der Waals surface area (Å²) < 4.78 is 0. The van der Waals surface area contributed by atoms with Crippen LogP contribution in [0.4, 0.5) is 0 Å². The fraction of sp³-hybridized carbons (Fsp3) is 0.739. The molecule has 1 aromatic carbocycles. The monoisotopic (exact) mass is 312 g/mol. The predicted molar refractivity (Wildman–Crippen MR) is 101 cm³/mol. The summed E-state index contributed by atoms with van der Waals surface area (Å²) in [5.41, 5.74) is 1.58. The molecule has 2 fully saturated rings. The van der Waals surface area contributed by atoms with E-state index in [1.54, 1.807) is 5.56 Å². The molecular weight excluding hydrogens is 276 g/mol. The van der Waals surface area contributed by atoms with Gasteiger partial charge in [0.2, 0.25) is 0 Å². The van der Waals surface area contributed by atoms with Gasteiger partial charge in [-0.25, -0.2) is 0 Å². The van der Waals surface area contributed by atoms with Crippen molar-refractivity contribution in [2.45, 2.75) is 89.9 Å². The van der Waals surface area contributed by atoms with Crippen LogP contribution in [0, 0.1) is 17.8 Å². The predicted octanol–water partition coefficient (Wildman–Crippen LogP) is 7.35.